The number of hydrogen-bond acceptors (Lipinski definition) is 6. The predicted molar refractivity (Wildman–Crippen MR) is 144 cm³/mol. The van der Waals surface area contributed by atoms with Gasteiger partial charge in [0.2, 0.25) is 5.89 Å². The number of carbonyl (C=O) groups is 2. The van der Waals surface area contributed by atoms with Gasteiger partial charge >= 0.3 is 12.1 Å². The van der Waals surface area contributed by atoms with Crippen LogP contribution < -0.4 is 4.74 Å². The summed E-state index contributed by atoms with van der Waals surface area (Å²) in [4.78, 5) is 30.3. The largest absolute Gasteiger partial charge is 0.493 e. The highest BCUT2D eigenvalue weighted by Gasteiger charge is 2.38. The van der Waals surface area contributed by atoms with Gasteiger partial charge in [0.05, 0.1) is 25.3 Å². The van der Waals surface area contributed by atoms with Crippen LogP contribution in [-0.4, -0.2) is 53.4 Å². The topological polar surface area (TPSA) is 102 Å². The first kappa shape index (κ1) is 27.5. The van der Waals surface area contributed by atoms with Gasteiger partial charge in [-0.25, -0.2) is 9.78 Å². The van der Waals surface area contributed by atoms with Crippen LogP contribution in [0.25, 0.3) is 11.5 Å². The average molecular weight is 541 g/mol. The second-order valence-corrected chi connectivity index (χ2v) is 10.5. The van der Waals surface area contributed by atoms with Crippen molar-refractivity contribution in [1.29, 1.82) is 0 Å². The van der Waals surface area contributed by atoms with Crippen LogP contribution in [-0.2, 0) is 16.0 Å². The molecule has 1 aliphatic heterocycles. The zero-order valence-electron chi connectivity index (χ0n) is 21.9. The van der Waals surface area contributed by atoms with Crippen molar-refractivity contribution >= 4 is 23.7 Å². The SMILES string of the molecule is Cc1oc(-c2ccc(Cl)cc2)nc1CCOc1cccc([C@@H]2CN(C(=O)OCC(C)C)C[C@@H]2CC(=O)O)c1. The summed E-state index contributed by atoms with van der Waals surface area (Å²) in [6, 6.07) is 15.0. The van der Waals surface area contributed by atoms with E-state index in [1.165, 1.54) is 0 Å². The first-order valence-electron chi connectivity index (χ1n) is 12.8. The van der Waals surface area contributed by atoms with Crippen LogP contribution in [0.4, 0.5) is 4.79 Å². The maximum Gasteiger partial charge on any atom is 0.409 e. The molecule has 1 amide bonds. The summed E-state index contributed by atoms with van der Waals surface area (Å²) in [6.45, 7) is 7.31. The molecule has 1 saturated heterocycles. The number of benzene rings is 2. The quantitative estimate of drug-likeness (QED) is 0.326. The molecule has 0 saturated carbocycles. The molecule has 2 heterocycles. The lowest BCUT2D eigenvalue weighted by molar-refractivity contribution is -0.138. The third kappa shape index (κ3) is 7.07. The summed E-state index contributed by atoms with van der Waals surface area (Å²) in [6.07, 6.45) is 0.142. The van der Waals surface area contributed by atoms with E-state index >= 15 is 0 Å². The minimum absolute atomic E-state index is 0.0227. The van der Waals surface area contributed by atoms with Crippen LogP contribution in [0.5, 0.6) is 5.75 Å². The molecule has 8 nitrogen and oxygen atoms in total. The molecule has 2 atom stereocenters. The summed E-state index contributed by atoms with van der Waals surface area (Å²) < 4.78 is 17.2. The van der Waals surface area contributed by atoms with Gasteiger partial charge in [-0.1, -0.05) is 37.6 Å². The molecule has 3 aromatic rings. The Morgan fingerprint density at radius 3 is 2.66 bits per heavy atom. The van der Waals surface area contributed by atoms with Crippen molar-refractivity contribution in [3.63, 3.8) is 0 Å². The van der Waals surface area contributed by atoms with E-state index in [0.717, 1.165) is 22.6 Å². The second kappa shape index (κ2) is 12.3. The van der Waals surface area contributed by atoms with Gasteiger partial charge < -0.3 is 23.9 Å². The average Bonchev–Trinajstić information content (AvgIpc) is 3.46. The molecule has 1 aromatic heterocycles. The van der Waals surface area contributed by atoms with E-state index in [4.69, 9.17) is 25.5 Å². The molecule has 0 unspecified atom stereocenters. The Balaban J connectivity index is 1.39. The van der Waals surface area contributed by atoms with Crippen LogP contribution in [0.15, 0.2) is 52.9 Å². The number of halogens is 1. The number of amides is 1. The monoisotopic (exact) mass is 540 g/mol. The molecule has 1 aliphatic rings. The maximum atomic E-state index is 12.5. The number of aliphatic carboxylic acids is 1. The zero-order chi connectivity index (χ0) is 27.2. The van der Waals surface area contributed by atoms with Gasteiger partial charge in [0.1, 0.15) is 11.5 Å². The van der Waals surface area contributed by atoms with Crippen molar-refractivity contribution in [1.82, 2.24) is 9.88 Å². The standard InChI is InChI=1S/C29H33ClN2O6/c1-18(2)17-37-29(35)32-15-22(14-27(33)34)25(16-32)21-5-4-6-24(13-21)36-12-11-26-19(3)38-28(31-26)20-7-9-23(30)10-8-20/h4-10,13,18,22,25H,11-12,14-17H2,1-3H3,(H,33,34)/t22-,25-/m0/s1. The lowest BCUT2D eigenvalue weighted by Gasteiger charge is -2.18. The number of ether oxygens (including phenoxy) is 2. The van der Waals surface area contributed by atoms with Gasteiger partial charge in [-0.05, 0) is 60.7 Å². The fourth-order valence-electron chi connectivity index (χ4n) is 4.63. The molecule has 1 N–H and O–H groups in total. The minimum atomic E-state index is -0.884. The number of aromatic nitrogens is 1. The molecular weight excluding hydrogens is 508 g/mol. The van der Waals surface area contributed by atoms with E-state index < -0.39 is 12.1 Å². The Labute approximate surface area is 227 Å². The van der Waals surface area contributed by atoms with Gasteiger partial charge in [-0.15, -0.1) is 0 Å². The molecule has 202 valence electrons. The van der Waals surface area contributed by atoms with Gasteiger partial charge in [0.25, 0.3) is 0 Å². The summed E-state index contributed by atoms with van der Waals surface area (Å²) >= 11 is 5.97. The molecular formula is C29H33ClN2O6. The Hall–Kier alpha value is -3.52. The second-order valence-electron chi connectivity index (χ2n) is 10.0. The smallest absolute Gasteiger partial charge is 0.409 e. The number of rotatable bonds is 10. The van der Waals surface area contributed by atoms with E-state index in [1.54, 1.807) is 17.0 Å². The molecule has 2 aromatic carbocycles. The van der Waals surface area contributed by atoms with Crippen LogP contribution in [0.2, 0.25) is 5.02 Å². The molecule has 0 radical (unpaired) electrons. The fourth-order valence-corrected chi connectivity index (χ4v) is 4.76. The van der Waals surface area contributed by atoms with E-state index in [9.17, 15) is 14.7 Å². The number of carboxylic acid groups (broad SMARTS) is 1. The molecule has 0 aliphatic carbocycles. The highest BCUT2D eigenvalue weighted by Crippen LogP contribution is 2.36. The fraction of sp³-hybridized carbons (Fsp3) is 0.414. The van der Waals surface area contributed by atoms with Gasteiger partial charge in [0, 0.05) is 36.0 Å². The number of likely N-dealkylation sites (tertiary alicyclic amines) is 1. The van der Waals surface area contributed by atoms with E-state index in [2.05, 4.69) is 4.98 Å². The Kier molecular flexibility index (Phi) is 8.94. The maximum absolute atomic E-state index is 12.5. The van der Waals surface area contributed by atoms with E-state index in [1.807, 2.05) is 57.2 Å². The van der Waals surface area contributed by atoms with Gasteiger partial charge in [-0.2, -0.15) is 0 Å². The number of hydrogen-bond donors (Lipinski definition) is 1. The Bertz CT molecular complexity index is 1260. The van der Waals surface area contributed by atoms with E-state index in [0.29, 0.717) is 49.4 Å². The molecule has 9 heteroatoms. The third-order valence-electron chi connectivity index (χ3n) is 6.55. The summed E-state index contributed by atoms with van der Waals surface area (Å²) in [5, 5.41) is 10.1. The molecule has 1 fully saturated rings. The van der Waals surface area contributed by atoms with Crippen molar-refractivity contribution in [2.45, 2.75) is 39.5 Å². The minimum Gasteiger partial charge on any atom is -0.493 e. The molecule has 0 bridgehead atoms. The third-order valence-corrected chi connectivity index (χ3v) is 6.81. The Morgan fingerprint density at radius 1 is 1.18 bits per heavy atom. The highest BCUT2D eigenvalue weighted by atomic mass is 35.5. The molecule has 38 heavy (non-hydrogen) atoms. The van der Waals surface area contributed by atoms with Crippen molar-refractivity contribution in [3.8, 4) is 17.2 Å². The lowest BCUT2D eigenvalue weighted by atomic mass is 9.87. The van der Waals surface area contributed by atoms with Crippen molar-refractivity contribution < 1.29 is 28.6 Å². The predicted octanol–water partition coefficient (Wildman–Crippen LogP) is 6.21. The zero-order valence-corrected chi connectivity index (χ0v) is 22.6. The normalized spacial score (nSPS) is 17.1. The number of carboxylic acids is 1. The van der Waals surface area contributed by atoms with Crippen LogP contribution in [0, 0.1) is 18.8 Å². The van der Waals surface area contributed by atoms with E-state index in [-0.39, 0.29) is 24.2 Å². The number of aryl methyl sites for hydroxylation is 1. The molecule has 4 rings (SSSR count). The number of carbonyl (C=O) groups excluding carboxylic acids is 1. The summed E-state index contributed by atoms with van der Waals surface area (Å²) in [5.74, 6) is 0.963. The van der Waals surface area contributed by atoms with Crippen molar-refractivity contribution in [2.24, 2.45) is 11.8 Å². The number of nitrogens with zero attached hydrogens (tertiary/aromatic N) is 2. The van der Waals surface area contributed by atoms with Gasteiger partial charge in [0.15, 0.2) is 0 Å². The van der Waals surface area contributed by atoms with Crippen LogP contribution >= 0.6 is 11.6 Å². The van der Waals surface area contributed by atoms with Crippen LogP contribution in [0.1, 0.15) is 43.2 Å². The highest BCUT2D eigenvalue weighted by molar-refractivity contribution is 6.30. The van der Waals surface area contributed by atoms with Crippen LogP contribution in [0.3, 0.4) is 0 Å². The summed E-state index contributed by atoms with van der Waals surface area (Å²) in [7, 11) is 0. The number of oxazole rings is 1. The first-order chi connectivity index (χ1) is 18.2. The summed E-state index contributed by atoms with van der Waals surface area (Å²) in [5.41, 5.74) is 2.61. The van der Waals surface area contributed by atoms with Crippen molar-refractivity contribution in [2.75, 3.05) is 26.3 Å². The Morgan fingerprint density at radius 2 is 1.95 bits per heavy atom. The van der Waals surface area contributed by atoms with Crippen molar-refractivity contribution in [3.05, 3.63) is 70.6 Å². The lowest BCUT2D eigenvalue weighted by Crippen LogP contribution is -2.30. The van der Waals surface area contributed by atoms with Gasteiger partial charge in [-0.3, -0.25) is 4.79 Å². The molecule has 0 spiro atoms. The first-order valence-corrected chi connectivity index (χ1v) is 13.2.